The summed E-state index contributed by atoms with van der Waals surface area (Å²) in [6, 6.07) is 9.09. The lowest BCUT2D eigenvalue weighted by molar-refractivity contribution is -0.0437. The number of benzene rings is 1. The summed E-state index contributed by atoms with van der Waals surface area (Å²) in [6.45, 7) is 5.62. The van der Waals surface area contributed by atoms with Crippen molar-refractivity contribution in [3.63, 3.8) is 0 Å². The second kappa shape index (κ2) is 7.29. The topological polar surface area (TPSA) is 38.5 Å². The van der Waals surface area contributed by atoms with Gasteiger partial charge in [-0.1, -0.05) is 19.1 Å². The Balaban J connectivity index is 2.09. The summed E-state index contributed by atoms with van der Waals surface area (Å²) >= 11 is 1.77. The minimum Gasteiger partial charge on any atom is -0.376 e. The predicted octanol–water partition coefficient (Wildman–Crippen LogP) is 2.52. The zero-order valence-electron chi connectivity index (χ0n) is 11.8. The van der Waals surface area contributed by atoms with Gasteiger partial charge >= 0.3 is 0 Å². The van der Waals surface area contributed by atoms with Crippen LogP contribution in [-0.4, -0.2) is 43.5 Å². The highest BCUT2D eigenvalue weighted by Gasteiger charge is 2.25. The maximum atomic E-state index is 6.01. The molecule has 106 valence electrons. The van der Waals surface area contributed by atoms with E-state index in [4.69, 9.17) is 10.5 Å². The number of hydrogen-bond acceptors (Lipinski definition) is 4. The summed E-state index contributed by atoms with van der Waals surface area (Å²) in [4.78, 5) is 3.76. The molecule has 3 nitrogen and oxygen atoms in total. The van der Waals surface area contributed by atoms with Crippen LogP contribution < -0.4 is 5.73 Å². The van der Waals surface area contributed by atoms with Crippen LogP contribution in [0.25, 0.3) is 0 Å². The lowest BCUT2D eigenvalue weighted by Crippen LogP contribution is -2.45. The van der Waals surface area contributed by atoms with Gasteiger partial charge in [-0.05, 0) is 30.4 Å². The predicted molar refractivity (Wildman–Crippen MR) is 81.6 cm³/mol. The molecule has 0 amide bonds. The average Bonchev–Trinajstić information content (AvgIpc) is 2.49. The van der Waals surface area contributed by atoms with Crippen LogP contribution in [0, 0.1) is 0 Å². The van der Waals surface area contributed by atoms with Crippen LogP contribution in [0.3, 0.4) is 0 Å². The Morgan fingerprint density at radius 3 is 2.74 bits per heavy atom. The quantitative estimate of drug-likeness (QED) is 0.841. The van der Waals surface area contributed by atoms with Crippen molar-refractivity contribution >= 4 is 11.8 Å². The molecule has 1 fully saturated rings. The maximum Gasteiger partial charge on any atom is 0.0700 e. The minimum atomic E-state index is 0.314. The Hall–Kier alpha value is -0.550. The van der Waals surface area contributed by atoms with E-state index in [1.807, 2.05) is 0 Å². The zero-order valence-corrected chi connectivity index (χ0v) is 12.7. The molecule has 1 aromatic carbocycles. The van der Waals surface area contributed by atoms with Crippen molar-refractivity contribution in [3.8, 4) is 0 Å². The van der Waals surface area contributed by atoms with Gasteiger partial charge in [0, 0.05) is 30.6 Å². The normalized spacial score (nSPS) is 22.4. The smallest absolute Gasteiger partial charge is 0.0700 e. The van der Waals surface area contributed by atoms with Crippen LogP contribution in [0.1, 0.15) is 24.9 Å². The second-order valence-corrected chi connectivity index (χ2v) is 5.80. The fourth-order valence-electron chi connectivity index (χ4n) is 2.59. The van der Waals surface area contributed by atoms with Gasteiger partial charge in [0.1, 0.15) is 0 Å². The molecule has 0 saturated carbocycles. The number of thioether (sulfide) groups is 1. The molecule has 2 atom stereocenters. The minimum absolute atomic E-state index is 0.314. The first kappa shape index (κ1) is 14.9. The lowest BCUT2D eigenvalue weighted by atomic mass is 10.0. The lowest BCUT2D eigenvalue weighted by Gasteiger charge is -2.37. The highest BCUT2D eigenvalue weighted by atomic mass is 32.2. The van der Waals surface area contributed by atoms with E-state index in [0.717, 1.165) is 26.1 Å². The molecule has 19 heavy (non-hydrogen) atoms. The first-order valence-corrected chi connectivity index (χ1v) is 8.20. The highest BCUT2D eigenvalue weighted by molar-refractivity contribution is 7.98. The Bertz CT molecular complexity index is 382. The van der Waals surface area contributed by atoms with E-state index in [1.54, 1.807) is 11.8 Å². The van der Waals surface area contributed by atoms with Gasteiger partial charge in [-0.15, -0.1) is 11.8 Å². The average molecular weight is 280 g/mol. The van der Waals surface area contributed by atoms with Crippen molar-refractivity contribution in [1.29, 1.82) is 0 Å². The largest absolute Gasteiger partial charge is 0.376 e. The Labute approximate surface area is 120 Å². The molecule has 0 bridgehead atoms. The molecular formula is C15H24N2OS. The molecule has 0 aromatic heterocycles. The van der Waals surface area contributed by atoms with Gasteiger partial charge in [-0.2, -0.15) is 0 Å². The Morgan fingerprint density at radius 1 is 1.42 bits per heavy atom. The van der Waals surface area contributed by atoms with Gasteiger partial charge in [-0.3, -0.25) is 4.90 Å². The fraction of sp³-hybridized carbons (Fsp3) is 0.600. The first-order chi connectivity index (χ1) is 9.28. The summed E-state index contributed by atoms with van der Waals surface area (Å²) < 4.78 is 5.74. The maximum absolute atomic E-state index is 6.01. The monoisotopic (exact) mass is 280 g/mol. The van der Waals surface area contributed by atoms with Crippen LogP contribution in [0.2, 0.25) is 0 Å². The number of morpholine rings is 1. The van der Waals surface area contributed by atoms with Gasteiger partial charge in [0.15, 0.2) is 0 Å². The van der Waals surface area contributed by atoms with Crippen molar-refractivity contribution < 1.29 is 4.74 Å². The molecule has 2 rings (SSSR count). The number of nitrogens with zero attached hydrogens (tertiary/aromatic N) is 1. The van der Waals surface area contributed by atoms with Crippen LogP contribution in [0.15, 0.2) is 29.2 Å². The van der Waals surface area contributed by atoms with Crippen LogP contribution in [0.5, 0.6) is 0 Å². The molecule has 0 radical (unpaired) electrons. The van der Waals surface area contributed by atoms with Gasteiger partial charge < -0.3 is 10.5 Å². The molecule has 2 N–H and O–H groups in total. The SMILES string of the molecule is CCC1CN(C(CN)c2ccc(SC)cc2)CCO1. The van der Waals surface area contributed by atoms with Crippen LogP contribution in [0.4, 0.5) is 0 Å². The summed E-state index contributed by atoms with van der Waals surface area (Å²) in [7, 11) is 0. The van der Waals surface area contributed by atoms with Crippen LogP contribution in [-0.2, 0) is 4.74 Å². The van der Waals surface area contributed by atoms with E-state index in [2.05, 4.69) is 42.3 Å². The van der Waals surface area contributed by atoms with E-state index in [1.165, 1.54) is 10.5 Å². The summed E-state index contributed by atoms with van der Waals surface area (Å²) in [5, 5.41) is 0. The molecule has 4 heteroatoms. The molecule has 0 aliphatic carbocycles. The number of hydrogen-bond donors (Lipinski definition) is 1. The molecule has 1 aliphatic heterocycles. The van der Waals surface area contributed by atoms with Crippen LogP contribution >= 0.6 is 11.8 Å². The molecule has 1 heterocycles. The number of nitrogens with two attached hydrogens (primary N) is 1. The third kappa shape index (κ3) is 3.72. The van der Waals surface area contributed by atoms with Crippen molar-refractivity contribution in [2.45, 2.75) is 30.4 Å². The second-order valence-electron chi connectivity index (χ2n) is 4.92. The summed E-state index contributed by atoms with van der Waals surface area (Å²) in [5.41, 5.74) is 7.32. The molecular weight excluding hydrogens is 256 g/mol. The van der Waals surface area contributed by atoms with E-state index >= 15 is 0 Å². The fourth-order valence-corrected chi connectivity index (χ4v) is 3.00. The third-order valence-corrected chi connectivity index (χ3v) is 4.53. The summed E-state index contributed by atoms with van der Waals surface area (Å²) in [5.74, 6) is 0. The molecule has 0 spiro atoms. The van der Waals surface area contributed by atoms with Gasteiger partial charge in [0.2, 0.25) is 0 Å². The van der Waals surface area contributed by atoms with Crippen molar-refractivity contribution in [2.24, 2.45) is 5.73 Å². The summed E-state index contributed by atoms with van der Waals surface area (Å²) in [6.07, 6.45) is 3.52. The zero-order chi connectivity index (χ0) is 13.7. The van der Waals surface area contributed by atoms with E-state index in [0.29, 0.717) is 18.7 Å². The van der Waals surface area contributed by atoms with Gasteiger partial charge in [-0.25, -0.2) is 0 Å². The van der Waals surface area contributed by atoms with Crippen molar-refractivity contribution in [1.82, 2.24) is 4.90 Å². The number of ether oxygens (including phenoxy) is 1. The molecule has 1 aromatic rings. The number of rotatable bonds is 5. The highest BCUT2D eigenvalue weighted by Crippen LogP contribution is 2.25. The Kier molecular flexibility index (Phi) is 5.70. The Morgan fingerprint density at radius 2 is 2.16 bits per heavy atom. The molecule has 1 aliphatic rings. The van der Waals surface area contributed by atoms with Crippen molar-refractivity contribution in [3.05, 3.63) is 29.8 Å². The third-order valence-electron chi connectivity index (χ3n) is 3.79. The standard InChI is InChI=1S/C15H24N2OS/c1-3-13-11-17(8-9-18-13)15(10-16)12-4-6-14(19-2)7-5-12/h4-7,13,15H,3,8-11,16H2,1-2H3. The van der Waals surface area contributed by atoms with Gasteiger partial charge in [0.25, 0.3) is 0 Å². The first-order valence-electron chi connectivity index (χ1n) is 6.98. The van der Waals surface area contributed by atoms with Crippen molar-refractivity contribution in [2.75, 3.05) is 32.5 Å². The van der Waals surface area contributed by atoms with E-state index in [-0.39, 0.29) is 0 Å². The van der Waals surface area contributed by atoms with Gasteiger partial charge in [0.05, 0.1) is 12.7 Å². The molecule has 2 unspecified atom stereocenters. The van der Waals surface area contributed by atoms with E-state index in [9.17, 15) is 0 Å². The molecule has 1 saturated heterocycles. The van der Waals surface area contributed by atoms with E-state index < -0.39 is 0 Å².